The molecule has 0 aliphatic heterocycles. The van der Waals surface area contributed by atoms with E-state index in [0.29, 0.717) is 11.5 Å². The van der Waals surface area contributed by atoms with E-state index < -0.39 is 6.09 Å². The minimum absolute atomic E-state index is 0.221. The van der Waals surface area contributed by atoms with Gasteiger partial charge in [-0.3, -0.25) is 0 Å². The molecule has 0 fully saturated rings. The predicted octanol–water partition coefficient (Wildman–Crippen LogP) is 3.13. The van der Waals surface area contributed by atoms with Crippen molar-refractivity contribution in [2.24, 2.45) is 0 Å². The molecule has 17 heavy (non-hydrogen) atoms. The molecule has 0 bridgehead atoms. The Balaban J connectivity index is 1.90. The van der Waals surface area contributed by atoms with Crippen LogP contribution < -0.4 is 10.1 Å². The fourth-order valence-electron chi connectivity index (χ4n) is 1.41. The van der Waals surface area contributed by atoms with Crippen LogP contribution in [0.1, 0.15) is 18.7 Å². The van der Waals surface area contributed by atoms with Crippen LogP contribution in [0.25, 0.3) is 0 Å². The minimum Gasteiger partial charge on any atom is -0.467 e. The van der Waals surface area contributed by atoms with Crippen molar-refractivity contribution in [2.45, 2.75) is 13.0 Å². The molecule has 1 atom stereocenters. The van der Waals surface area contributed by atoms with Gasteiger partial charge >= 0.3 is 6.09 Å². The number of amides is 1. The molecule has 2 aromatic rings. The van der Waals surface area contributed by atoms with Crippen molar-refractivity contribution in [3.8, 4) is 5.75 Å². The molecule has 1 heterocycles. The van der Waals surface area contributed by atoms with Crippen LogP contribution in [-0.4, -0.2) is 6.09 Å². The Morgan fingerprint density at radius 3 is 2.65 bits per heavy atom. The summed E-state index contributed by atoms with van der Waals surface area (Å²) in [6.07, 6.45) is 1.07. The lowest BCUT2D eigenvalue weighted by Gasteiger charge is -2.11. The Morgan fingerprint density at radius 2 is 2.00 bits per heavy atom. The van der Waals surface area contributed by atoms with Gasteiger partial charge in [0.05, 0.1) is 12.3 Å². The highest BCUT2D eigenvalue weighted by atomic mass is 16.6. The van der Waals surface area contributed by atoms with Gasteiger partial charge in [0.2, 0.25) is 0 Å². The summed E-state index contributed by atoms with van der Waals surface area (Å²) >= 11 is 0. The van der Waals surface area contributed by atoms with Gasteiger partial charge in [0.15, 0.2) is 0 Å². The highest BCUT2D eigenvalue weighted by molar-refractivity contribution is 5.70. The Bertz CT molecular complexity index is 465. The molecular formula is C13H13NO3. The van der Waals surface area contributed by atoms with Gasteiger partial charge in [0.25, 0.3) is 0 Å². The second kappa shape index (κ2) is 5.21. The van der Waals surface area contributed by atoms with Crippen molar-refractivity contribution in [1.29, 1.82) is 0 Å². The second-order valence-electron chi connectivity index (χ2n) is 3.58. The van der Waals surface area contributed by atoms with Gasteiger partial charge in [-0.25, -0.2) is 4.79 Å². The summed E-state index contributed by atoms with van der Waals surface area (Å²) in [7, 11) is 0. The van der Waals surface area contributed by atoms with E-state index in [2.05, 4.69) is 5.32 Å². The molecule has 0 aliphatic rings. The van der Waals surface area contributed by atoms with Crippen molar-refractivity contribution < 1.29 is 13.9 Å². The highest BCUT2D eigenvalue weighted by Gasteiger charge is 2.12. The Labute approximate surface area is 99.2 Å². The summed E-state index contributed by atoms with van der Waals surface area (Å²) in [4.78, 5) is 11.5. The van der Waals surface area contributed by atoms with E-state index in [4.69, 9.17) is 9.15 Å². The predicted molar refractivity (Wildman–Crippen MR) is 62.7 cm³/mol. The molecule has 4 nitrogen and oxygen atoms in total. The first-order valence-electron chi connectivity index (χ1n) is 5.32. The number of hydrogen-bond donors (Lipinski definition) is 1. The maximum Gasteiger partial charge on any atom is 0.413 e. The maximum absolute atomic E-state index is 11.5. The Morgan fingerprint density at radius 1 is 1.24 bits per heavy atom. The van der Waals surface area contributed by atoms with E-state index in [1.165, 1.54) is 0 Å². The molecule has 1 amide bonds. The third-order valence-electron chi connectivity index (χ3n) is 2.26. The van der Waals surface area contributed by atoms with Crippen LogP contribution in [0.2, 0.25) is 0 Å². The van der Waals surface area contributed by atoms with E-state index in [1.54, 1.807) is 42.7 Å². The zero-order valence-electron chi connectivity index (χ0n) is 9.42. The highest BCUT2D eigenvalue weighted by Crippen LogP contribution is 2.13. The molecule has 0 spiro atoms. The smallest absolute Gasteiger partial charge is 0.413 e. The van der Waals surface area contributed by atoms with Crippen molar-refractivity contribution in [3.63, 3.8) is 0 Å². The number of nitrogens with one attached hydrogen (secondary N) is 1. The number of ether oxygens (including phenoxy) is 1. The maximum atomic E-state index is 11.5. The first-order valence-corrected chi connectivity index (χ1v) is 5.32. The number of carbonyl (C=O) groups excluding carboxylic acids is 1. The average Bonchev–Trinajstić information content (AvgIpc) is 2.83. The van der Waals surface area contributed by atoms with Crippen molar-refractivity contribution in [3.05, 3.63) is 54.5 Å². The van der Waals surface area contributed by atoms with Crippen LogP contribution in [0.4, 0.5) is 4.79 Å². The molecule has 0 radical (unpaired) electrons. The fourth-order valence-corrected chi connectivity index (χ4v) is 1.41. The number of rotatable bonds is 3. The fraction of sp³-hybridized carbons (Fsp3) is 0.154. The van der Waals surface area contributed by atoms with Gasteiger partial charge < -0.3 is 14.5 Å². The van der Waals surface area contributed by atoms with E-state index in [1.807, 2.05) is 13.0 Å². The Hall–Kier alpha value is -2.23. The SMILES string of the molecule is C[C@@H](NC(=O)Oc1ccccc1)c1ccco1. The van der Waals surface area contributed by atoms with E-state index in [9.17, 15) is 4.79 Å². The average molecular weight is 231 g/mol. The molecule has 4 heteroatoms. The lowest BCUT2D eigenvalue weighted by atomic mass is 10.3. The summed E-state index contributed by atoms with van der Waals surface area (Å²) in [6.45, 7) is 1.82. The second-order valence-corrected chi connectivity index (χ2v) is 3.58. The first kappa shape index (κ1) is 11.3. The lowest BCUT2D eigenvalue weighted by molar-refractivity contribution is 0.195. The van der Waals surface area contributed by atoms with Crippen LogP contribution in [0.15, 0.2) is 53.1 Å². The molecule has 0 saturated carbocycles. The largest absolute Gasteiger partial charge is 0.467 e. The standard InChI is InChI=1S/C13H13NO3/c1-10(12-8-5-9-16-12)14-13(15)17-11-6-3-2-4-7-11/h2-10H,1H3,(H,14,15)/t10-/m1/s1. The topological polar surface area (TPSA) is 51.5 Å². The van der Waals surface area contributed by atoms with E-state index >= 15 is 0 Å². The molecule has 0 unspecified atom stereocenters. The summed E-state index contributed by atoms with van der Waals surface area (Å²) in [6, 6.07) is 12.3. The van der Waals surface area contributed by atoms with Gasteiger partial charge in [-0.2, -0.15) is 0 Å². The van der Waals surface area contributed by atoms with Gasteiger partial charge in [0.1, 0.15) is 11.5 Å². The van der Waals surface area contributed by atoms with Gasteiger partial charge in [-0.15, -0.1) is 0 Å². The molecule has 1 N–H and O–H groups in total. The zero-order chi connectivity index (χ0) is 12.1. The normalized spacial score (nSPS) is 11.8. The number of benzene rings is 1. The van der Waals surface area contributed by atoms with Gasteiger partial charge in [-0.05, 0) is 31.2 Å². The van der Waals surface area contributed by atoms with Crippen molar-refractivity contribution in [1.82, 2.24) is 5.32 Å². The molecule has 88 valence electrons. The van der Waals surface area contributed by atoms with Crippen molar-refractivity contribution >= 4 is 6.09 Å². The van der Waals surface area contributed by atoms with Crippen LogP contribution >= 0.6 is 0 Å². The third kappa shape index (κ3) is 3.11. The number of para-hydroxylation sites is 1. The van der Waals surface area contributed by atoms with Gasteiger partial charge in [-0.1, -0.05) is 18.2 Å². The lowest BCUT2D eigenvalue weighted by Crippen LogP contribution is -2.29. The van der Waals surface area contributed by atoms with Crippen molar-refractivity contribution in [2.75, 3.05) is 0 Å². The third-order valence-corrected chi connectivity index (χ3v) is 2.26. The summed E-state index contributed by atoms with van der Waals surface area (Å²) in [5, 5.41) is 2.68. The minimum atomic E-state index is -0.500. The molecule has 2 rings (SSSR count). The van der Waals surface area contributed by atoms with E-state index in [0.717, 1.165) is 0 Å². The summed E-state index contributed by atoms with van der Waals surface area (Å²) < 4.78 is 10.3. The number of carbonyl (C=O) groups is 1. The van der Waals surface area contributed by atoms with Crippen LogP contribution in [0.3, 0.4) is 0 Å². The van der Waals surface area contributed by atoms with E-state index in [-0.39, 0.29) is 6.04 Å². The summed E-state index contributed by atoms with van der Waals surface area (Å²) in [5.74, 6) is 1.20. The molecule has 0 saturated heterocycles. The zero-order valence-corrected chi connectivity index (χ0v) is 9.42. The van der Waals surface area contributed by atoms with Crippen LogP contribution in [-0.2, 0) is 0 Å². The molecule has 1 aromatic heterocycles. The quantitative estimate of drug-likeness (QED) is 0.882. The van der Waals surface area contributed by atoms with Gasteiger partial charge in [0, 0.05) is 0 Å². The monoisotopic (exact) mass is 231 g/mol. The number of furan rings is 1. The van der Waals surface area contributed by atoms with Crippen LogP contribution in [0.5, 0.6) is 5.75 Å². The van der Waals surface area contributed by atoms with Crippen LogP contribution in [0, 0.1) is 0 Å². The first-order chi connectivity index (χ1) is 8.25. The molecule has 1 aromatic carbocycles. The number of hydrogen-bond acceptors (Lipinski definition) is 3. The summed E-state index contributed by atoms with van der Waals surface area (Å²) in [5.41, 5.74) is 0. The Kier molecular flexibility index (Phi) is 3.45. The molecule has 0 aliphatic carbocycles. The molecular weight excluding hydrogens is 218 g/mol.